The molecule has 6 heteroatoms. The van der Waals surface area contributed by atoms with E-state index in [9.17, 15) is 9.59 Å². The van der Waals surface area contributed by atoms with Gasteiger partial charge in [-0.3, -0.25) is 9.69 Å². The van der Waals surface area contributed by atoms with Crippen LogP contribution in [0.25, 0.3) is 0 Å². The molecule has 3 amide bonds. The number of likely N-dealkylation sites (N-methyl/N-ethyl adjacent to an activating group) is 1. The van der Waals surface area contributed by atoms with Crippen molar-refractivity contribution in [3.63, 3.8) is 0 Å². The number of urea groups is 1. The molecule has 5 aliphatic rings. The first-order valence-corrected chi connectivity index (χ1v) is 14.5. The van der Waals surface area contributed by atoms with Gasteiger partial charge in [0, 0.05) is 63.2 Å². The second-order valence-corrected chi connectivity index (χ2v) is 12.8. The van der Waals surface area contributed by atoms with Gasteiger partial charge in [-0.2, -0.15) is 0 Å². The predicted octanol–water partition coefficient (Wildman–Crippen LogP) is 4.56. The molecule has 1 aromatic rings. The van der Waals surface area contributed by atoms with Crippen LogP contribution in [0.2, 0.25) is 0 Å². The molecule has 2 unspecified atom stereocenters. The highest BCUT2D eigenvalue weighted by Crippen LogP contribution is 2.48. The van der Waals surface area contributed by atoms with E-state index in [2.05, 4.69) is 58.9 Å². The Labute approximate surface area is 217 Å². The Balaban J connectivity index is 1.21. The van der Waals surface area contributed by atoms with Crippen molar-refractivity contribution in [2.24, 2.45) is 11.8 Å². The molecule has 0 N–H and O–H groups in total. The number of nitrogens with zero attached hydrogens (tertiary/aromatic N) is 4. The molecule has 4 heterocycles. The first-order chi connectivity index (χ1) is 17.4. The van der Waals surface area contributed by atoms with Gasteiger partial charge in [0.05, 0.1) is 5.54 Å². The summed E-state index contributed by atoms with van der Waals surface area (Å²) >= 11 is 0. The Bertz CT molecular complexity index is 960. The van der Waals surface area contributed by atoms with Crippen molar-refractivity contribution in [1.29, 1.82) is 0 Å². The summed E-state index contributed by atoms with van der Waals surface area (Å²) in [6, 6.07) is 12.5. The third kappa shape index (κ3) is 4.04. The standard InChI is InChI=1S/C30H44N4O2/c1-21(2)34-29(36)31(3)20-30(34)15-25-13-14-26(16-30)33(25)18-24-17-32(28(35)23-11-7-8-12-23)19-27(24)22-9-5-4-6-10-22/h4-6,9-10,21,23-27H,7-8,11-20H2,1-3H3/t24-,25?,26?,27-,30?/m1/s1. The Morgan fingerprint density at radius 1 is 1.00 bits per heavy atom. The van der Waals surface area contributed by atoms with Crippen LogP contribution in [-0.2, 0) is 4.79 Å². The third-order valence-electron chi connectivity index (χ3n) is 10.2. The van der Waals surface area contributed by atoms with Crippen molar-refractivity contribution < 1.29 is 9.59 Å². The smallest absolute Gasteiger partial charge is 0.320 e. The average Bonchev–Trinajstić information content (AvgIpc) is 3.62. The number of amides is 3. The van der Waals surface area contributed by atoms with Crippen LogP contribution in [-0.4, -0.2) is 88.4 Å². The molecule has 36 heavy (non-hydrogen) atoms. The van der Waals surface area contributed by atoms with Gasteiger partial charge in [-0.05, 0) is 63.9 Å². The van der Waals surface area contributed by atoms with Crippen molar-refractivity contribution in [2.75, 3.05) is 33.2 Å². The molecular formula is C30H44N4O2. The number of likely N-dealkylation sites (tertiary alicyclic amines) is 1. The molecule has 0 radical (unpaired) electrons. The number of fused-ring (bicyclic) bond motifs is 2. The molecule has 4 saturated heterocycles. The third-order valence-corrected chi connectivity index (χ3v) is 10.2. The van der Waals surface area contributed by atoms with E-state index in [0.29, 0.717) is 29.8 Å². The fraction of sp³-hybridized carbons (Fsp3) is 0.733. The monoisotopic (exact) mass is 492 g/mol. The molecule has 2 bridgehead atoms. The lowest BCUT2D eigenvalue weighted by molar-refractivity contribution is -0.134. The first kappa shape index (κ1) is 24.3. The van der Waals surface area contributed by atoms with Gasteiger partial charge in [-0.1, -0.05) is 43.2 Å². The summed E-state index contributed by atoms with van der Waals surface area (Å²) in [5.41, 5.74) is 1.38. The second kappa shape index (κ2) is 9.34. The first-order valence-electron chi connectivity index (χ1n) is 14.5. The minimum atomic E-state index is -0.0126. The van der Waals surface area contributed by atoms with E-state index in [4.69, 9.17) is 0 Å². The molecule has 4 aliphatic heterocycles. The number of carbonyl (C=O) groups is 2. The van der Waals surface area contributed by atoms with Gasteiger partial charge in [0.15, 0.2) is 0 Å². The summed E-state index contributed by atoms with van der Waals surface area (Å²) in [6.07, 6.45) is 9.23. The van der Waals surface area contributed by atoms with Crippen LogP contribution in [0.4, 0.5) is 4.79 Å². The molecular weight excluding hydrogens is 448 g/mol. The van der Waals surface area contributed by atoms with Crippen molar-refractivity contribution in [3.05, 3.63) is 35.9 Å². The molecule has 196 valence electrons. The number of rotatable bonds is 5. The van der Waals surface area contributed by atoms with Gasteiger partial charge in [-0.15, -0.1) is 0 Å². The van der Waals surface area contributed by atoms with Gasteiger partial charge in [-0.25, -0.2) is 4.79 Å². The van der Waals surface area contributed by atoms with E-state index in [1.54, 1.807) is 0 Å². The summed E-state index contributed by atoms with van der Waals surface area (Å²) in [4.78, 5) is 35.6. The Kier molecular flexibility index (Phi) is 6.30. The maximum Gasteiger partial charge on any atom is 0.320 e. The van der Waals surface area contributed by atoms with Crippen molar-refractivity contribution in [1.82, 2.24) is 19.6 Å². The van der Waals surface area contributed by atoms with Crippen LogP contribution in [0.1, 0.15) is 76.7 Å². The highest BCUT2D eigenvalue weighted by atomic mass is 16.2. The maximum absolute atomic E-state index is 13.4. The van der Waals surface area contributed by atoms with Gasteiger partial charge in [0.2, 0.25) is 5.91 Å². The van der Waals surface area contributed by atoms with E-state index in [1.807, 2.05) is 11.9 Å². The number of hydrogen-bond acceptors (Lipinski definition) is 3. The number of benzene rings is 1. The molecule has 4 atom stereocenters. The van der Waals surface area contributed by atoms with E-state index in [0.717, 1.165) is 51.9 Å². The minimum Gasteiger partial charge on any atom is -0.341 e. The fourth-order valence-electron chi connectivity index (χ4n) is 8.79. The molecule has 1 spiro atoms. The van der Waals surface area contributed by atoms with Crippen LogP contribution >= 0.6 is 0 Å². The average molecular weight is 493 g/mol. The normalized spacial score (nSPS) is 35.2. The summed E-state index contributed by atoms with van der Waals surface area (Å²) in [5.74, 6) is 1.56. The van der Waals surface area contributed by atoms with Crippen molar-refractivity contribution in [2.45, 2.75) is 94.8 Å². The minimum absolute atomic E-state index is 0.0126. The van der Waals surface area contributed by atoms with Gasteiger partial charge in [0.25, 0.3) is 0 Å². The van der Waals surface area contributed by atoms with Crippen LogP contribution in [0, 0.1) is 11.8 Å². The Morgan fingerprint density at radius 2 is 1.67 bits per heavy atom. The van der Waals surface area contributed by atoms with Gasteiger partial charge in [0.1, 0.15) is 0 Å². The van der Waals surface area contributed by atoms with E-state index >= 15 is 0 Å². The Morgan fingerprint density at radius 3 is 2.31 bits per heavy atom. The van der Waals surface area contributed by atoms with Crippen LogP contribution < -0.4 is 0 Å². The lowest BCUT2D eigenvalue weighted by Crippen LogP contribution is -2.60. The van der Waals surface area contributed by atoms with Gasteiger partial charge < -0.3 is 14.7 Å². The van der Waals surface area contributed by atoms with Gasteiger partial charge >= 0.3 is 6.03 Å². The second-order valence-electron chi connectivity index (χ2n) is 12.8. The molecule has 1 aliphatic carbocycles. The predicted molar refractivity (Wildman–Crippen MR) is 142 cm³/mol. The van der Waals surface area contributed by atoms with E-state index in [-0.39, 0.29) is 23.5 Å². The lowest BCUT2D eigenvalue weighted by Gasteiger charge is -2.50. The molecule has 0 aromatic heterocycles. The molecule has 6 rings (SSSR count). The topological polar surface area (TPSA) is 47.1 Å². The lowest BCUT2D eigenvalue weighted by atomic mass is 9.80. The highest BCUT2D eigenvalue weighted by molar-refractivity contribution is 5.79. The summed E-state index contributed by atoms with van der Waals surface area (Å²) in [5, 5.41) is 0. The largest absolute Gasteiger partial charge is 0.341 e. The number of hydrogen-bond donors (Lipinski definition) is 0. The van der Waals surface area contributed by atoms with E-state index in [1.165, 1.54) is 31.2 Å². The summed E-state index contributed by atoms with van der Waals surface area (Å²) < 4.78 is 0. The van der Waals surface area contributed by atoms with Crippen LogP contribution in [0.3, 0.4) is 0 Å². The van der Waals surface area contributed by atoms with E-state index < -0.39 is 0 Å². The van der Waals surface area contributed by atoms with Crippen LogP contribution in [0.5, 0.6) is 0 Å². The molecule has 5 fully saturated rings. The summed E-state index contributed by atoms with van der Waals surface area (Å²) in [7, 11) is 1.97. The zero-order valence-corrected chi connectivity index (χ0v) is 22.4. The zero-order chi connectivity index (χ0) is 25.0. The van der Waals surface area contributed by atoms with Crippen molar-refractivity contribution in [3.8, 4) is 0 Å². The summed E-state index contributed by atoms with van der Waals surface area (Å²) in [6.45, 7) is 8.06. The quantitative estimate of drug-likeness (QED) is 0.605. The van der Waals surface area contributed by atoms with Crippen LogP contribution in [0.15, 0.2) is 30.3 Å². The SMILES string of the molecule is CC(C)N1C(=O)N(C)CC12CC1CCC(C2)N1C[C@H]1CN(C(=O)C2CCCC2)C[C@@H]1c1ccccc1. The highest BCUT2D eigenvalue weighted by Gasteiger charge is 2.57. The fourth-order valence-corrected chi connectivity index (χ4v) is 8.79. The Hall–Kier alpha value is -2.08. The molecule has 1 saturated carbocycles. The maximum atomic E-state index is 13.4. The number of carbonyl (C=O) groups excluding carboxylic acids is 2. The molecule has 6 nitrogen and oxygen atoms in total. The molecule has 1 aromatic carbocycles. The number of piperidine rings is 1. The zero-order valence-electron chi connectivity index (χ0n) is 22.4. The van der Waals surface area contributed by atoms with Crippen molar-refractivity contribution >= 4 is 11.9 Å².